The summed E-state index contributed by atoms with van der Waals surface area (Å²) in [7, 11) is 0. The molecule has 0 aromatic heterocycles. The van der Waals surface area contributed by atoms with Crippen LogP contribution in [0.3, 0.4) is 0 Å². The summed E-state index contributed by atoms with van der Waals surface area (Å²) in [5.41, 5.74) is 1.96. The maximum atomic E-state index is 11.0. The lowest BCUT2D eigenvalue weighted by Crippen LogP contribution is -2.25. The van der Waals surface area contributed by atoms with Crippen molar-refractivity contribution in [2.45, 2.75) is 40.0 Å². The normalized spacial score (nSPS) is 26.1. The van der Waals surface area contributed by atoms with Gasteiger partial charge in [0, 0.05) is 0 Å². The molecule has 2 aliphatic rings. The predicted molar refractivity (Wildman–Crippen MR) is 59.6 cm³/mol. The Balaban J connectivity index is 2.20. The lowest BCUT2D eigenvalue weighted by molar-refractivity contribution is -0.134. The molecule has 0 aromatic carbocycles. The minimum Gasteiger partial charge on any atom is -0.479 e. The van der Waals surface area contributed by atoms with Crippen LogP contribution in [0.25, 0.3) is 0 Å². The molecule has 0 amide bonds. The van der Waals surface area contributed by atoms with Crippen molar-refractivity contribution in [1.29, 1.82) is 0 Å². The standard InChI is InChI=1S/C12H17N2O2/c1-12(2,3)7-4-5-9-8(6-7)10(11(15)16)14-13-9/h7H,4-6H2,1-3H3,(H,15,16). The molecule has 0 saturated heterocycles. The highest BCUT2D eigenvalue weighted by Crippen LogP contribution is 2.46. The van der Waals surface area contributed by atoms with E-state index in [1.165, 1.54) is 0 Å². The molecule has 87 valence electrons. The average molecular weight is 221 g/mol. The van der Waals surface area contributed by atoms with E-state index in [2.05, 4.69) is 31.0 Å². The van der Waals surface area contributed by atoms with E-state index >= 15 is 0 Å². The molecule has 0 fully saturated rings. The van der Waals surface area contributed by atoms with Gasteiger partial charge in [-0.3, -0.25) is 0 Å². The van der Waals surface area contributed by atoms with Gasteiger partial charge >= 0.3 is 5.97 Å². The van der Waals surface area contributed by atoms with Crippen molar-refractivity contribution in [3.8, 4) is 0 Å². The molecule has 16 heavy (non-hydrogen) atoms. The molecule has 2 rings (SSSR count). The van der Waals surface area contributed by atoms with Crippen molar-refractivity contribution in [2.75, 3.05) is 0 Å². The maximum absolute atomic E-state index is 11.0. The number of hydrogen-bond acceptors (Lipinski definition) is 3. The van der Waals surface area contributed by atoms with E-state index in [-0.39, 0.29) is 11.5 Å². The molecular weight excluding hydrogens is 204 g/mol. The Morgan fingerprint density at radius 3 is 2.62 bits per heavy atom. The number of azo groups is 1. The molecule has 4 heteroatoms. The summed E-state index contributed by atoms with van der Waals surface area (Å²) in [6, 6.07) is 0.156. The highest BCUT2D eigenvalue weighted by Gasteiger charge is 2.38. The first-order valence-electron chi connectivity index (χ1n) is 5.64. The van der Waals surface area contributed by atoms with Gasteiger partial charge in [-0.05, 0) is 36.2 Å². The van der Waals surface area contributed by atoms with Gasteiger partial charge in [0.2, 0.25) is 6.04 Å². The number of hydrogen-bond donors (Lipinski definition) is 1. The largest absolute Gasteiger partial charge is 0.479 e. The van der Waals surface area contributed by atoms with Gasteiger partial charge in [0.1, 0.15) is 0 Å². The molecule has 1 radical (unpaired) electrons. The topological polar surface area (TPSA) is 62.0 Å². The molecule has 0 bridgehead atoms. The Labute approximate surface area is 95.5 Å². The minimum absolute atomic E-state index is 0.156. The molecule has 1 aliphatic carbocycles. The molecule has 0 spiro atoms. The molecule has 0 aromatic rings. The third-order valence-electron chi connectivity index (χ3n) is 3.51. The third-order valence-corrected chi connectivity index (χ3v) is 3.51. The van der Waals surface area contributed by atoms with Crippen LogP contribution in [-0.2, 0) is 4.79 Å². The molecule has 1 heterocycles. The van der Waals surface area contributed by atoms with Gasteiger partial charge in [-0.1, -0.05) is 20.8 Å². The zero-order valence-electron chi connectivity index (χ0n) is 9.95. The van der Waals surface area contributed by atoms with Crippen LogP contribution >= 0.6 is 0 Å². The van der Waals surface area contributed by atoms with E-state index in [4.69, 9.17) is 5.11 Å². The third kappa shape index (κ3) is 1.88. The number of allylic oxidation sites excluding steroid dienone is 1. The van der Waals surface area contributed by atoms with Crippen LogP contribution in [0.4, 0.5) is 0 Å². The highest BCUT2D eigenvalue weighted by atomic mass is 16.4. The zero-order valence-corrected chi connectivity index (χ0v) is 9.95. The fraction of sp³-hybridized carbons (Fsp3) is 0.667. The Kier molecular flexibility index (Phi) is 2.60. The summed E-state index contributed by atoms with van der Waals surface area (Å²) in [5, 5.41) is 16.7. The quantitative estimate of drug-likeness (QED) is 0.739. The Hall–Kier alpha value is -1.19. The SMILES string of the molecule is CC(C)(C)C1CCC2=C(C1)[C](C(=O)O)N=N2. The molecule has 1 N–H and O–H groups in total. The monoisotopic (exact) mass is 221 g/mol. The highest BCUT2D eigenvalue weighted by molar-refractivity contribution is 5.88. The van der Waals surface area contributed by atoms with Crippen LogP contribution in [0.2, 0.25) is 0 Å². The van der Waals surface area contributed by atoms with Crippen LogP contribution in [0.15, 0.2) is 21.5 Å². The van der Waals surface area contributed by atoms with Crippen molar-refractivity contribution >= 4 is 5.97 Å². The second-order valence-electron chi connectivity index (χ2n) is 5.58. The Bertz CT molecular complexity index is 377. The van der Waals surface area contributed by atoms with Gasteiger partial charge in [-0.25, -0.2) is 4.79 Å². The molecular formula is C12H17N2O2. The van der Waals surface area contributed by atoms with Gasteiger partial charge in [0.15, 0.2) is 0 Å². The van der Waals surface area contributed by atoms with E-state index in [1.54, 1.807) is 0 Å². The predicted octanol–water partition coefficient (Wildman–Crippen LogP) is 3.17. The fourth-order valence-corrected chi connectivity index (χ4v) is 2.35. The molecule has 1 aliphatic heterocycles. The van der Waals surface area contributed by atoms with E-state index in [1.807, 2.05) is 0 Å². The van der Waals surface area contributed by atoms with Crippen molar-refractivity contribution in [2.24, 2.45) is 21.6 Å². The lowest BCUT2D eigenvalue weighted by Gasteiger charge is -2.34. The number of rotatable bonds is 1. The Morgan fingerprint density at radius 1 is 1.38 bits per heavy atom. The van der Waals surface area contributed by atoms with E-state index in [0.717, 1.165) is 30.5 Å². The van der Waals surface area contributed by atoms with Crippen LogP contribution in [0.1, 0.15) is 40.0 Å². The molecule has 1 atom stereocenters. The van der Waals surface area contributed by atoms with Crippen LogP contribution in [0.5, 0.6) is 0 Å². The summed E-state index contributed by atoms with van der Waals surface area (Å²) >= 11 is 0. The second-order valence-corrected chi connectivity index (χ2v) is 5.58. The van der Waals surface area contributed by atoms with E-state index in [0.29, 0.717) is 5.92 Å². The number of carboxylic acid groups (broad SMARTS) is 1. The molecule has 4 nitrogen and oxygen atoms in total. The lowest BCUT2D eigenvalue weighted by atomic mass is 9.71. The van der Waals surface area contributed by atoms with Crippen molar-refractivity contribution in [3.05, 3.63) is 17.3 Å². The summed E-state index contributed by atoms with van der Waals surface area (Å²) in [6.45, 7) is 6.60. The van der Waals surface area contributed by atoms with E-state index in [9.17, 15) is 4.79 Å². The second kappa shape index (κ2) is 3.68. The average Bonchev–Trinajstić information content (AvgIpc) is 2.58. The van der Waals surface area contributed by atoms with Crippen molar-refractivity contribution in [3.63, 3.8) is 0 Å². The summed E-state index contributed by atoms with van der Waals surface area (Å²) in [6.07, 6.45) is 2.74. The smallest absolute Gasteiger partial charge is 0.341 e. The summed E-state index contributed by atoms with van der Waals surface area (Å²) in [5.74, 6) is -0.438. The summed E-state index contributed by atoms with van der Waals surface area (Å²) < 4.78 is 0. The van der Waals surface area contributed by atoms with Gasteiger partial charge < -0.3 is 5.11 Å². The van der Waals surface area contributed by atoms with Gasteiger partial charge in [-0.15, -0.1) is 0 Å². The van der Waals surface area contributed by atoms with Gasteiger partial charge in [0.25, 0.3) is 0 Å². The first-order valence-corrected chi connectivity index (χ1v) is 5.64. The van der Waals surface area contributed by atoms with Crippen LogP contribution < -0.4 is 0 Å². The molecule has 0 saturated carbocycles. The number of nitrogens with zero attached hydrogens (tertiary/aromatic N) is 2. The summed E-state index contributed by atoms with van der Waals surface area (Å²) in [4.78, 5) is 11.0. The van der Waals surface area contributed by atoms with Crippen LogP contribution in [0, 0.1) is 17.4 Å². The van der Waals surface area contributed by atoms with Gasteiger partial charge in [0.05, 0.1) is 5.70 Å². The minimum atomic E-state index is -0.955. The Morgan fingerprint density at radius 2 is 2.06 bits per heavy atom. The van der Waals surface area contributed by atoms with E-state index < -0.39 is 5.97 Å². The van der Waals surface area contributed by atoms with Gasteiger partial charge in [-0.2, -0.15) is 10.2 Å². The van der Waals surface area contributed by atoms with Crippen LogP contribution in [-0.4, -0.2) is 11.1 Å². The fourth-order valence-electron chi connectivity index (χ4n) is 2.35. The van der Waals surface area contributed by atoms with Crippen molar-refractivity contribution < 1.29 is 9.90 Å². The zero-order chi connectivity index (χ0) is 11.9. The number of carboxylic acids is 1. The first-order chi connectivity index (χ1) is 7.39. The first kappa shape index (κ1) is 11.3. The number of aliphatic carboxylic acids is 1. The number of carbonyl (C=O) groups is 1. The van der Waals surface area contributed by atoms with Crippen molar-refractivity contribution in [1.82, 2.24) is 0 Å². The maximum Gasteiger partial charge on any atom is 0.341 e. The molecule has 1 unspecified atom stereocenters.